The van der Waals surface area contributed by atoms with Crippen LogP contribution in [0.1, 0.15) is 33.1 Å². The summed E-state index contributed by atoms with van der Waals surface area (Å²) in [6.45, 7) is 7.90. The highest BCUT2D eigenvalue weighted by molar-refractivity contribution is 5.02. The standard InChI is InChI=1S/C11H18/c1-4-6-8-10-11(3)9-7-5-2/h4-6,9H,2,7-8,10H2,1,3H3. The Morgan fingerprint density at radius 1 is 1.45 bits per heavy atom. The average Bonchev–Trinajstić information content (AvgIpc) is 2.01. The van der Waals surface area contributed by atoms with Crippen molar-refractivity contribution in [2.24, 2.45) is 0 Å². The molecule has 0 aliphatic heterocycles. The molecule has 0 saturated carbocycles. The van der Waals surface area contributed by atoms with Crippen LogP contribution in [0.5, 0.6) is 0 Å². The molecule has 0 atom stereocenters. The van der Waals surface area contributed by atoms with E-state index >= 15 is 0 Å². The molecule has 0 nitrogen and oxygen atoms in total. The molecule has 0 fully saturated rings. The zero-order chi connectivity index (χ0) is 8.53. The van der Waals surface area contributed by atoms with E-state index in [-0.39, 0.29) is 0 Å². The van der Waals surface area contributed by atoms with Gasteiger partial charge in [0.2, 0.25) is 0 Å². The van der Waals surface area contributed by atoms with Gasteiger partial charge in [0.05, 0.1) is 0 Å². The van der Waals surface area contributed by atoms with E-state index in [2.05, 4.69) is 38.7 Å². The Morgan fingerprint density at radius 3 is 2.73 bits per heavy atom. The fourth-order valence-corrected chi connectivity index (χ4v) is 0.864. The van der Waals surface area contributed by atoms with Crippen LogP contribution in [0.4, 0.5) is 0 Å². The lowest BCUT2D eigenvalue weighted by Gasteiger charge is -1.95. The Balaban J connectivity index is 3.49. The first-order valence-electron chi connectivity index (χ1n) is 4.19. The molecule has 0 aromatic carbocycles. The van der Waals surface area contributed by atoms with Crippen molar-refractivity contribution < 1.29 is 0 Å². The zero-order valence-corrected chi connectivity index (χ0v) is 7.64. The minimum Gasteiger partial charge on any atom is -0.103 e. The first-order valence-corrected chi connectivity index (χ1v) is 4.19. The number of hydrogen-bond donors (Lipinski definition) is 0. The molecule has 0 radical (unpaired) electrons. The second-order valence-electron chi connectivity index (χ2n) is 2.68. The molecule has 62 valence electrons. The predicted octanol–water partition coefficient (Wildman–Crippen LogP) is 3.87. The van der Waals surface area contributed by atoms with Crippen molar-refractivity contribution >= 4 is 0 Å². The number of allylic oxidation sites excluding steroid dienone is 5. The lowest BCUT2D eigenvalue weighted by atomic mass is 10.1. The lowest BCUT2D eigenvalue weighted by Crippen LogP contribution is -1.74. The molecule has 0 spiro atoms. The Morgan fingerprint density at radius 2 is 2.18 bits per heavy atom. The first kappa shape index (κ1) is 10.2. The third kappa shape index (κ3) is 7.11. The molecule has 11 heavy (non-hydrogen) atoms. The Kier molecular flexibility index (Phi) is 6.81. The van der Waals surface area contributed by atoms with Gasteiger partial charge in [-0.25, -0.2) is 0 Å². The Labute approximate surface area is 70.3 Å². The van der Waals surface area contributed by atoms with E-state index in [0.717, 1.165) is 12.8 Å². The molecule has 0 saturated heterocycles. The third-order valence-electron chi connectivity index (χ3n) is 1.57. The van der Waals surface area contributed by atoms with E-state index in [1.54, 1.807) is 0 Å². The Hall–Kier alpha value is -0.780. The largest absolute Gasteiger partial charge is 0.103 e. The second kappa shape index (κ2) is 7.33. The van der Waals surface area contributed by atoms with Gasteiger partial charge in [0, 0.05) is 0 Å². The smallest absolute Gasteiger partial charge is 0.0169 e. The van der Waals surface area contributed by atoms with Gasteiger partial charge < -0.3 is 0 Å². The van der Waals surface area contributed by atoms with Crippen LogP contribution in [0.15, 0.2) is 36.5 Å². The van der Waals surface area contributed by atoms with Crippen LogP contribution in [-0.2, 0) is 0 Å². The summed E-state index contributed by atoms with van der Waals surface area (Å²) in [5.74, 6) is 0. The highest BCUT2D eigenvalue weighted by atomic mass is 13.9. The topological polar surface area (TPSA) is 0 Å². The van der Waals surface area contributed by atoms with Crippen molar-refractivity contribution in [3.63, 3.8) is 0 Å². The maximum atomic E-state index is 3.67. The van der Waals surface area contributed by atoms with Gasteiger partial charge in [0.25, 0.3) is 0 Å². The van der Waals surface area contributed by atoms with E-state index < -0.39 is 0 Å². The van der Waals surface area contributed by atoms with Crippen LogP contribution in [0, 0.1) is 0 Å². The maximum absolute atomic E-state index is 3.67. The second-order valence-corrected chi connectivity index (χ2v) is 2.68. The lowest BCUT2D eigenvalue weighted by molar-refractivity contribution is 0.967. The summed E-state index contributed by atoms with van der Waals surface area (Å²) in [7, 11) is 0. The minimum absolute atomic E-state index is 1.00. The van der Waals surface area contributed by atoms with Gasteiger partial charge in [-0.1, -0.05) is 29.9 Å². The summed E-state index contributed by atoms with van der Waals surface area (Å²) in [4.78, 5) is 0. The molecular formula is C11H18. The van der Waals surface area contributed by atoms with Crippen LogP contribution in [0.2, 0.25) is 0 Å². The molecule has 0 aromatic heterocycles. The maximum Gasteiger partial charge on any atom is -0.0169 e. The van der Waals surface area contributed by atoms with Crippen molar-refractivity contribution in [2.75, 3.05) is 0 Å². The Bertz CT molecular complexity index is 149. The molecule has 0 heterocycles. The van der Waals surface area contributed by atoms with Crippen LogP contribution >= 0.6 is 0 Å². The molecule has 0 heteroatoms. The molecule has 0 amide bonds. The predicted molar refractivity (Wildman–Crippen MR) is 52.6 cm³/mol. The minimum atomic E-state index is 1.00. The van der Waals surface area contributed by atoms with Crippen molar-refractivity contribution in [1.29, 1.82) is 0 Å². The summed E-state index contributed by atoms with van der Waals surface area (Å²) in [6, 6.07) is 0. The highest BCUT2D eigenvalue weighted by Crippen LogP contribution is 2.05. The molecule has 0 unspecified atom stereocenters. The molecular weight excluding hydrogens is 132 g/mol. The van der Waals surface area contributed by atoms with Crippen molar-refractivity contribution in [3.05, 3.63) is 36.5 Å². The van der Waals surface area contributed by atoms with Crippen molar-refractivity contribution in [1.82, 2.24) is 0 Å². The van der Waals surface area contributed by atoms with Gasteiger partial charge in [-0.05, 0) is 33.1 Å². The van der Waals surface area contributed by atoms with Crippen LogP contribution in [0.25, 0.3) is 0 Å². The van der Waals surface area contributed by atoms with Crippen LogP contribution in [0.3, 0.4) is 0 Å². The van der Waals surface area contributed by atoms with Gasteiger partial charge >= 0.3 is 0 Å². The molecule has 0 aliphatic rings. The molecule has 0 bridgehead atoms. The summed E-state index contributed by atoms with van der Waals surface area (Å²) in [5, 5.41) is 0. The van der Waals surface area contributed by atoms with Gasteiger partial charge in [0.1, 0.15) is 0 Å². The zero-order valence-electron chi connectivity index (χ0n) is 7.64. The fourth-order valence-electron chi connectivity index (χ4n) is 0.864. The van der Waals surface area contributed by atoms with E-state index in [0.29, 0.717) is 0 Å². The highest BCUT2D eigenvalue weighted by Gasteiger charge is 1.85. The average molecular weight is 150 g/mol. The van der Waals surface area contributed by atoms with Gasteiger partial charge in [-0.15, -0.1) is 6.58 Å². The summed E-state index contributed by atoms with van der Waals surface area (Å²) < 4.78 is 0. The van der Waals surface area contributed by atoms with E-state index in [9.17, 15) is 0 Å². The number of rotatable bonds is 5. The van der Waals surface area contributed by atoms with E-state index in [1.807, 2.05) is 6.08 Å². The first-order chi connectivity index (χ1) is 5.31. The third-order valence-corrected chi connectivity index (χ3v) is 1.57. The van der Waals surface area contributed by atoms with Crippen molar-refractivity contribution in [3.8, 4) is 0 Å². The van der Waals surface area contributed by atoms with Gasteiger partial charge in [-0.2, -0.15) is 0 Å². The summed E-state index contributed by atoms with van der Waals surface area (Å²) >= 11 is 0. The molecule has 0 aromatic rings. The normalized spacial score (nSPS) is 12.4. The van der Waals surface area contributed by atoms with E-state index in [1.165, 1.54) is 12.0 Å². The SMILES string of the molecule is C=CCC=C(C)CCC=CC. The quantitative estimate of drug-likeness (QED) is 0.522. The summed E-state index contributed by atoms with van der Waals surface area (Å²) in [6.07, 6.45) is 11.8. The number of hydrogen-bond acceptors (Lipinski definition) is 0. The van der Waals surface area contributed by atoms with Gasteiger partial charge in [0.15, 0.2) is 0 Å². The monoisotopic (exact) mass is 150 g/mol. The fraction of sp³-hybridized carbons (Fsp3) is 0.455. The van der Waals surface area contributed by atoms with E-state index in [4.69, 9.17) is 0 Å². The van der Waals surface area contributed by atoms with Crippen LogP contribution < -0.4 is 0 Å². The van der Waals surface area contributed by atoms with Crippen molar-refractivity contribution in [2.45, 2.75) is 33.1 Å². The summed E-state index contributed by atoms with van der Waals surface area (Å²) in [5.41, 5.74) is 1.46. The molecule has 0 rings (SSSR count). The molecule has 0 N–H and O–H groups in total. The molecule has 0 aliphatic carbocycles. The van der Waals surface area contributed by atoms with Gasteiger partial charge in [-0.3, -0.25) is 0 Å². The van der Waals surface area contributed by atoms with Crippen LogP contribution in [-0.4, -0.2) is 0 Å².